The summed E-state index contributed by atoms with van der Waals surface area (Å²) in [4.78, 5) is 37.9. The van der Waals surface area contributed by atoms with Crippen molar-refractivity contribution in [2.24, 2.45) is 0 Å². The third kappa shape index (κ3) is 25.4. The summed E-state index contributed by atoms with van der Waals surface area (Å²) in [5.41, 5.74) is 15.8. The van der Waals surface area contributed by atoms with Gasteiger partial charge >= 0.3 is 84.3 Å². The molecule has 8 heterocycles. The summed E-state index contributed by atoms with van der Waals surface area (Å²) in [5, 5.41) is 12.5. The number of hydrogen-bond acceptors (Lipinski definition) is 8. The zero-order chi connectivity index (χ0) is 81.2. The van der Waals surface area contributed by atoms with Crippen LogP contribution in [0.5, 0.6) is 0 Å². The molecule has 124 heavy (non-hydrogen) atoms. The van der Waals surface area contributed by atoms with Crippen molar-refractivity contribution in [1.29, 1.82) is 0 Å². The van der Waals surface area contributed by atoms with E-state index in [1.165, 1.54) is 5.39 Å². The molecule has 0 amide bonds. The number of rotatable bonds is 8. The van der Waals surface area contributed by atoms with E-state index in [2.05, 4.69) is 179 Å². The average Bonchev–Trinajstić information content (AvgIpc) is 0.883. The van der Waals surface area contributed by atoms with Crippen LogP contribution in [-0.4, -0.2) is 39.9 Å². The number of hydrogen-bond donors (Lipinski definition) is 0. The first-order chi connectivity index (χ1) is 59.6. The summed E-state index contributed by atoms with van der Waals surface area (Å²) >= 11 is 0. The van der Waals surface area contributed by atoms with Crippen LogP contribution < -0.4 is 0 Å². The van der Waals surface area contributed by atoms with Crippen molar-refractivity contribution in [3.8, 4) is 90.6 Å². The van der Waals surface area contributed by atoms with E-state index in [1.54, 1.807) is 12.4 Å². The van der Waals surface area contributed by atoms with E-state index in [9.17, 15) is 0 Å². The summed E-state index contributed by atoms with van der Waals surface area (Å²) in [6.07, 6.45) is 5.50. The first-order valence-corrected chi connectivity index (χ1v) is 39.3. The number of aromatic nitrogens is 8. The van der Waals surface area contributed by atoms with Gasteiger partial charge in [-0.1, -0.05) is 164 Å². The summed E-state index contributed by atoms with van der Waals surface area (Å²) < 4.78 is 0. The van der Waals surface area contributed by atoms with Gasteiger partial charge in [0.2, 0.25) is 0 Å². The van der Waals surface area contributed by atoms with Crippen molar-refractivity contribution < 1.29 is 84.3 Å². The van der Waals surface area contributed by atoms with Gasteiger partial charge in [-0.3, -0.25) is 34.9 Å². The van der Waals surface area contributed by atoms with Gasteiger partial charge in [0.05, 0.1) is 51.1 Å². The maximum absolute atomic E-state index is 4.95. The number of benzene rings is 14. The number of fused-ring (bicyclic) bond motifs is 6. The molecule has 22 aromatic rings. The van der Waals surface area contributed by atoms with E-state index in [0.717, 1.165) is 150 Å². The van der Waals surface area contributed by atoms with E-state index in [4.69, 9.17) is 24.9 Å². The van der Waals surface area contributed by atoms with Crippen LogP contribution in [0.4, 0.5) is 0 Å². The van der Waals surface area contributed by atoms with Gasteiger partial charge in [-0.05, 0) is 127 Å². The number of pyridine rings is 8. The van der Waals surface area contributed by atoms with Crippen LogP contribution in [0.3, 0.4) is 0 Å². The van der Waals surface area contributed by atoms with Gasteiger partial charge in [-0.25, -0.2) is 4.98 Å². The van der Waals surface area contributed by atoms with Crippen LogP contribution in [0.1, 0.15) is 0 Å². The van der Waals surface area contributed by atoms with Crippen molar-refractivity contribution in [1.82, 2.24) is 39.9 Å². The molecule has 8 aromatic heterocycles. The summed E-state index contributed by atoms with van der Waals surface area (Å²) in [5.74, 6) is 0. The molecule has 0 spiro atoms. The van der Waals surface area contributed by atoms with Crippen LogP contribution >= 0.6 is 0 Å². The summed E-state index contributed by atoms with van der Waals surface area (Å²) in [6.45, 7) is 0. The van der Waals surface area contributed by atoms with Gasteiger partial charge in [0.15, 0.2) is 0 Å². The quantitative estimate of drug-likeness (QED) is 0.139. The Labute approximate surface area is 782 Å². The van der Waals surface area contributed by atoms with E-state index in [-0.39, 0.29) is 84.3 Å². The Balaban J connectivity index is 0.000000146. The molecule has 12 heteroatoms. The molecule has 0 saturated heterocycles. The Bertz CT molecular complexity index is 6300. The third-order valence-electron chi connectivity index (χ3n) is 18.9. The second-order valence-electron chi connectivity index (χ2n) is 27.0. The smallest absolute Gasteiger partial charge is 0.294 e. The normalized spacial score (nSPS) is 10.0. The van der Waals surface area contributed by atoms with Crippen molar-refractivity contribution in [3.05, 3.63) is 510 Å². The Hall–Kier alpha value is -13.4. The van der Waals surface area contributed by atoms with E-state index >= 15 is 0 Å². The molecule has 14 aromatic carbocycles. The van der Waals surface area contributed by atoms with Crippen molar-refractivity contribution in [2.45, 2.75) is 0 Å². The van der Waals surface area contributed by atoms with Gasteiger partial charge in [-0.15, -0.1) is 144 Å². The van der Waals surface area contributed by atoms with Gasteiger partial charge in [-0.2, -0.15) is 146 Å². The monoisotopic (exact) mass is 2310 g/mol. The van der Waals surface area contributed by atoms with Crippen LogP contribution in [0.2, 0.25) is 0 Å². The van der Waals surface area contributed by atoms with Crippen LogP contribution in [0.25, 0.3) is 155 Å². The Morgan fingerprint density at radius 2 is 0.476 bits per heavy atom. The molecule has 0 aliphatic rings. The van der Waals surface area contributed by atoms with Crippen molar-refractivity contribution >= 4 is 64.8 Å². The average molecular weight is 2310 g/mol. The Morgan fingerprint density at radius 3 is 0.855 bits per heavy atom. The maximum atomic E-state index is 4.95. The first kappa shape index (κ1) is 91.3. The topological polar surface area (TPSA) is 103 Å². The second-order valence-corrected chi connectivity index (χ2v) is 27.0. The van der Waals surface area contributed by atoms with Crippen LogP contribution in [0.15, 0.2) is 461 Å². The summed E-state index contributed by atoms with van der Waals surface area (Å²) in [6, 6.07) is 171. The fourth-order valence-corrected chi connectivity index (χ4v) is 13.1. The zero-order valence-electron chi connectivity index (χ0n) is 66.7. The molecule has 22 rings (SSSR count). The molecule has 0 bridgehead atoms. The van der Waals surface area contributed by atoms with E-state index in [0.29, 0.717) is 0 Å². The minimum atomic E-state index is 0. The molecule has 0 unspecified atom stereocenters. The van der Waals surface area contributed by atoms with E-state index in [1.807, 2.05) is 334 Å². The van der Waals surface area contributed by atoms with Crippen LogP contribution in [0, 0.1) is 48.5 Å². The predicted molar refractivity (Wildman–Crippen MR) is 493 cm³/mol. The Morgan fingerprint density at radius 1 is 0.169 bits per heavy atom. The third-order valence-corrected chi connectivity index (χ3v) is 18.9. The standard InChI is InChI=1S/2C24H15N2.2C20H13N2.4C6H5.4Pt/c1-2-9-18(10-3-1)24-20-12-6-4-11-19(20)16-23(26-24)22-15-14-17-8-5-7-13-21(17)25-22;1-2-8-17(9-3-1)24-21-13-7-6-11-19(21)15-23(26-24)22-14-18-10-4-5-12-20(18)16-25-22;1-2-8-15(9-3-1)20-17-11-5-4-10-16(17)14-19(22-20)18-12-6-7-13-21-18;1-2-8-15(9-3-1)19-14-16-10-4-5-11-17(16)20(22-19)18-12-6-7-13-21-18;4*1-2-4-6-5-3-1;;;;/h1-9,11-16H;1-8,10-16H;2*1-8,10-14H;4*1-5H;;;;/q8*-1;4*+2. The van der Waals surface area contributed by atoms with Crippen molar-refractivity contribution in [3.63, 3.8) is 0 Å². The van der Waals surface area contributed by atoms with Gasteiger partial charge in [0, 0.05) is 34.7 Å². The fraction of sp³-hybridized carbons (Fsp3) is 0. The molecule has 0 aliphatic heterocycles. The molecule has 604 valence electrons. The zero-order valence-corrected chi connectivity index (χ0v) is 75.8. The maximum Gasteiger partial charge on any atom is 2.00 e. The minimum absolute atomic E-state index is 0. The molecule has 0 saturated carbocycles. The van der Waals surface area contributed by atoms with Crippen LogP contribution in [-0.2, 0) is 84.3 Å². The van der Waals surface area contributed by atoms with E-state index < -0.39 is 0 Å². The molecule has 8 nitrogen and oxygen atoms in total. The molecule has 0 radical (unpaired) electrons. The molecular formula is C112H76N8Pt4. The molecule has 0 aliphatic carbocycles. The molecule has 0 atom stereocenters. The number of nitrogens with zero attached hydrogens (tertiary/aromatic N) is 8. The predicted octanol–water partition coefficient (Wildman–Crippen LogP) is 27.3. The molecule has 0 N–H and O–H groups in total. The van der Waals surface area contributed by atoms with Crippen molar-refractivity contribution in [2.75, 3.05) is 0 Å². The van der Waals surface area contributed by atoms with Gasteiger partial charge < -0.3 is 0 Å². The second kappa shape index (κ2) is 48.9. The molecule has 0 fully saturated rings. The minimum Gasteiger partial charge on any atom is -0.294 e. The van der Waals surface area contributed by atoms with Gasteiger partial charge in [0.25, 0.3) is 0 Å². The largest absolute Gasteiger partial charge is 2.00 e. The first-order valence-electron chi connectivity index (χ1n) is 39.3. The summed E-state index contributed by atoms with van der Waals surface area (Å²) in [7, 11) is 0. The fourth-order valence-electron chi connectivity index (χ4n) is 13.1. The Kier molecular flexibility index (Phi) is 36.0. The SMILES string of the molecule is [Pt+2].[Pt+2].[Pt+2].[Pt+2].[c-]1ccccc1.[c-]1ccccc1.[c-]1ccccc1.[c-]1ccccc1.[c-]1ccccc1-c1cc2ccccc2c(-c2ccccn2)n1.[c-]1ccccc1-c1nc(-c2cc3ccccc3cn2)cc2ccccc12.[c-]1ccccc1-c1nc(-c2ccc3ccccc3n2)cc2ccccc12.[c-]1ccccc1-c1nc(-c2ccccn2)cc2ccccc12. The number of para-hydroxylation sites is 1. The molecular weight excluding hydrogens is 2240 g/mol. The van der Waals surface area contributed by atoms with Gasteiger partial charge in [0.1, 0.15) is 0 Å².